The van der Waals surface area contributed by atoms with Gasteiger partial charge in [-0.25, -0.2) is 14.4 Å². The number of hydrogen-bond acceptors (Lipinski definition) is 5. The summed E-state index contributed by atoms with van der Waals surface area (Å²) in [6.07, 6.45) is 1.48. The Morgan fingerprint density at radius 1 is 1.25 bits per heavy atom. The molecule has 0 bridgehead atoms. The number of hydrogen-bond donors (Lipinski definition) is 1. The topological polar surface area (TPSA) is 59.8 Å². The van der Waals surface area contributed by atoms with Gasteiger partial charge in [-0.3, -0.25) is 9.36 Å². The number of aromatic nitrogens is 3. The van der Waals surface area contributed by atoms with Gasteiger partial charge in [0, 0.05) is 18.4 Å². The Morgan fingerprint density at radius 3 is 2.71 bits per heavy atom. The van der Waals surface area contributed by atoms with Crippen molar-refractivity contribution < 1.29 is 4.39 Å². The molecule has 0 atom stereocenters. The number of pyridine rings is 1. The van der Waals surface area contributed by atoms with Crippen molar-refractivity contribution in [3.63, 3.8) is 0 Å². The van der Waals surface area contributed by atoms with Crippen LogP contribution in [0.5, 0.6) is 0 Å². The van der Waals surface area contributed by atoms with E-state index in [-0.39, 0.29) is 11.4 Å². The van der Waals surface area contributed by atoms with Gasteiger partial charge in [-0.05, 0) is 37.3 Å². The molecule has 0 spiro atoms. The smallest absolute Gasteiger partial charge is 0.275 e. The third-order valence-corrected chi connectivity index (χ3v) is 4.92. The highest BCUT2D eigenvalue weighted by atomic mass is 32.1. The van der Waals surface area contributed by atoms with E-state index in [1.807, 2.05) is 20.0 Å². The summed E-state index contributed by atoms with van der Waals surface area (Å²) in [6.45, 7) is 1.91. The third-order valence-electron chi connectivity index (χ3n) is 3.85. The van der Waals surface area contributed by atoms with Crippen molar-refractivity contribution in [2.45, 2.75) is 6.92 Å². The number of anilines is 1. The number of nitrogens with zero attached hydrogens (tertiary/aromatic N) is 3. The molecule has 3 heterocycles. The van der Waals surface area contributed by atoms with E-state index < -0.39 is 0 Å². The van der Waals surface area contributed by atoms with Gasteiger partial charge in [-0.1, -0.05) is 0 Å². The first-order valence-electron chi connectivity index (χ1n) is 7.33. The van der Waals surface area contributed by atoms with Crippen LogP contribution in [-0.2, 0) is 0 Å². The highest BCUT2D eigenvalue weighted by Crippen LogP contribution is 2.34. The second-order valence-corrected chi connectivity index (χ2v) is 6.42. The normalized spacial score (nSPS) is 11.3. The largest absolute Gasteiger partial charge is 0.387 e. The molecule has 5 nitrogen and oxygen atoms in total. The molecule has 0 aliphatic carbocycles. The van der Waals surface area contributed by atoms with Crippen LogP contribution in [0.3, 0.4) is 0 Å². The fourth-order valence-corrected chi connectivity index (χ4v) is 3.86. The minimum absolute atomic E-state index is 0.186. The Morgan fingerprint density at radius 2 is 2.00 bits per heavy atom. The molecule has 0 aliphatic heterocycles. The van der Waals surface area contributed by atoms with Crippen molar-refractivity contribution in [2.24, 2.45) is 0 Å². The maximum Gasteiger partial charge on any atom is 0.275 e. The first kappa shape index (κ1) is 14.8. The van der Waals surface area contributed by atoms with Crippen LogP contribution >= 0.6 is 11.3 Å². The van der Waals surface area contributed by atoms with Gasteiger partial charge in [0.15, 0.2) is 0 Å². The maximum atomic E-state index is 13.1. The van der Waals surface area contributed by atoms with Crippen molar-refractivity contribution in [2.75, 3.05) is 12.4 Å². The van der Waals surface area contributed by atoms with Gasteiger partial charge in [-0.2, -0.15) is 0 Å². The third kappa shape index (κ3) is 2.16. The number of nitrogens with one attached hydrogen (secondary N) is 1. The molecule has 4 rings (SSSR count). The van der Waals surface area contributed by atoms with Gasteiger partial charge in [0.05, 0.1) is 16.6 Å². The average molecular weight is 340 g/mol. The van der Waals surface area contributed by atoms with E-state index in [0.29, 0.717) is 15.9 Å². The molecule has 0 radical (unpaired) electrons. The summed E-state index contributed by atoms with van der Waals surface area (Å²) < 4.78 is 15.1. The van der Waals surface area contributed by atoms with E-state index in [2.05, 4.69) is 15.3 Å². The lowest BCUT2D eigenvalue weighted by Gasteiger charge is -2.06. The number of halogens is 1. The predicted octanol–water partition coefficient (Wildman–Crippen LogP) is 3.48. The number of fused-ring (bicyclic) bond motifs is 3. The summed E-state index contributed by atoms with van der Waals surface area (Å²) in [5, 5.41) is 3.99. The van der Waals surface area contributed by atoms with Gasteiger partial charge in [0.25, 0.3) is 5.56 Å². The molecule has 120 valence electrons. The van der Waals surface area contributed by atoms with E-state index in [1.54, 1.807) is 12.1 Å². The van der Waals surface area contributed by atoms with Crippen LogP contribution in [0.4, 0.5) is 10.1 Å². The van der Waals surface area contributed by atoms with E-state index in [1.165, 1.54) is 34.4 Å². The lowest BCUT2D eigenvalue weighted by atomic mass is 10.2. The zero-order valence-electron chi connectivity index (χ0n) is 13.0. The van der Waals surface area contributed by atoms with Crippen LogP contribution in [0.2, 0.25) is 0 Å². The summed E-state index contributed by atoms with van der Waals surface area (Å²) in [5.41, 5.74) is 2.79. The Hall–Kier alpha value is -2.80. The summed E-state index contributed by atoms with van der Waals surface area (Å²) in [7, 11) is 1.83. The lowest BCUT2D eigenvalue weighted by Crippen LogP contribution is -2.17. The van der Waals surface area contributed by atoms with Gasteiger partial charge in [-0.15, -0.1) is 11.3 Å². The summed E-state index contributed by atoms with van der Waals surface area (Å²) in [4.78, 5) is 22.6. The van der Waals surface area contributed by atoms with Gasteiger partial charge < -0.3 is 5.32 Å². The maximum absolute atomic E-state index is 13.1. The standard InChI is InChI=1S/C17H13FN4OS/c1-9-7-12(19-2)13-14-15(24-16(13)21-9)17(23)22(8-20-14)11-5-3-10(18)4-6-11/h3-8H,1-2H3,(H,19,21). The monoisotopic (exact) mass is 340 g/mol. The Kier molecular flexibility index (Phi) is 3.31. The molecule has 1 N–H and O–H groups in total. The molecule has 0 saturated carbocycles. The summed E-state index contributed by atoms with van der Waals surface area (Å²) in [6, 6.07) is 7.68. The minimum atomic E-state index is -0.346. The van der Waals surface area contributed by atoms with Crippen LogP contribution in [0.15, 0.2) is 41.5 Å². The van der Waals surface area contributed by atoms with Crippen molar-refractivity contribution in [1.82, 2.24) is 14.5 Å². The first-order chi connectivity index (χ1) is 11.6. The molecule has 0 unspecified atom stereocenters. The van der Waals surface area contributed by atoms with Crippen LogP contribution in [0.25, 0.3) is 26.1 Å². The molecule has 7 heteroatoms. The molecule has 0 aliphatic rings. The van der Waals surface area contributed by atoms with E-state index in [9.17, 15) is 9.18 Å². The summed E-state index contributed by atoms with van der Waals surface area (Å²) >= 11 is 1.32. The number of benzene rings is 1. The van der Waals surface area contributed by atoms with E-state index >= 15 is 0 Å². The predicted molar refractivity (Wildman–Crippen MR) is 94.8 cm³/mol. The van der Waals surface area contributed by atoms with Crippen molar-refractivity contribution in [3.8, 4) is 5.69 Å². The highest BCUT2D eigenvalue weighted by molar-refractivity contribution is 7.25. The average Bonchev–Trinajstić information content (AvgIpc) is 2.95. The highest BCUT2D eigenvalue weighted by Gasteiger charge is 2.16. The zero-order chi connectivity index (χ0) is 16.8. The number of rotatable bonds is 2. The molecular formula is C17H13FN4OS. The second kappa shape index (κ2) is 5.38. The zero-order valence-corrected chi connectivity index (χ0v) is 13.8. The van der Waals surface area contributed by atoms with E-state index in [0.717, 1.165) is 21.6 Å². The van der Waals surface area contributed by atoms with Crippen LogP contribution in [0.1, 0.15) is 5.69 Å². The van der Waals surface area contributed by atoms with Crippen LogP contribution < -0.4 is 10.9 Å². The Labute approximate surface area is 140 Å². The Bertz CT molecular complexity index is 1130. The van der Waals surface area contributed by atoms with Gasteiger partial charge in [0.2, 0.25) is 0 Å². The molecule has 0 fully saturated rings. The molecule has 1 aromatic carbocycles. The van der Waals surface area contributed by atoms with Crippen LogP contribution in [-0.4, -0.2) is 21.6 Å². The molecule has 3 aromatic heterocycles. The van der Waals surface area contributed by atoms with Crippen molar-refractivity contribution >= 4 is 37.5 Å². The Balaban J connectivity index is 2.05. The fraction of sp³-hybridized carbons (Fsp3) is 0.118. The quantitative estimate of drug-likeness (QED) is 0.607. The molecule has 4 aromatic rings. The first-order valence-corrected chi connectivity index (χ1v) is 8.15. The fourth-order valence-electron chi connectivity index (χ4n) is 2.73. The van der Waals surface area contributed by atoms with Gasteiger partial charge in [0.1, 0.15) is 21.7 Å². The molecule has 0 amide bonds. The number of aryl methyl sites for hydroxylation is 1. The van der Waals surface area contributed by atoms with Crippen molar-refractivity contribution in [3.05, 3.63) is 58.5 Å². The molecule has 0 saturated heterocycles. The second-order valence-electron chi connectivity index (χ2n) is 5.42. The van der Waals surface area contributed by atoms with Crippen molar-refractivity contribution in [1.29, 1.82) is 0 Å². The summed E-state index contributed by atoms with van der Waals surface area (Å²) in [5.74, 6) is -0.346. The van der Waals surface area contributed by atoms with E-state index in [4.69, 9.17) is 0 Å². The lowest BCUT2D eigenvalue weighted by molar-refractivity contribution is 0.627. The molecular weight excluding hydrogens is 327 g/mol. The molecule has 24 heavy (non-hydrogen) atoms. The number of thiophene rings is 1. The minimum Gasteiger partial charge on any atom is -0.387 e. The SMILES string of the molecule is CNc1cc(C)nc2sc3c(=O)n(-c4ccc(F)cc4)cnc3c12. The van der Waals surface area contributed by atoms with Crippen LogP contribution in [0, 0.1) is 12.7 Å². The van der Waals surface area contributed by atoms with Gasteiger partial charge >= 0.3 is 0 Å².